The Bertz CT molecular complexity index is 834. The number of urea groups is 1. The van der Waals surface area contributed by atoms with Gasteiger partial charge < -0.3 is 10.2 Å². The predicted molar refractivity (Wildman–Crippen MR) is 94.8 cm³/mol. The van der Waals surface area contributed by atoms with Crippen LogP contribution in [0, 0.1) is 6.92 Å². The fraction of sp³-hybridized carbons (Fsp3) is 0.176. The number of nitrogens with zero attached hydrogens (tertiary/aromatic N) is 4. The van der Waals surface area contributed by atoms with Gasteiger partial charge in [-0.15, -0.1) is 11.3 Å². The average molecular weight is 339 g/mol. The van der Waals surface area contributed by atoms with Gasteiger partial charge in [0.15, 0.2) is 0 Å². The number of aromatic nitrogens is 3. The Labute approximate surface area is 144 Å². The molecule has 2 aromatic heterocycles. The van der Waals surface area contributed by atoms with E-state index in [0.717, 1.165) is 27.6 Å². The van der Waals surface area contributed by atoms with Crippen LogP contribution in [0.15, 0.2) is 48.2 Å². The van der Waals surface area contributed by atoms with E-state index in [0.29, 0.717) is 6.54 Å². The minimum absolute atomic E-state index is 0.201. The van der Waals surface area contributed by atoms with Gasteiger partial charge in [-0.05, 0) is 19.1 Å². The minimum Gasteiger partial charge on any atom is -0.322 e. The van der Waals surface area contributed by atoms with E-state index in [1.54, 1.807) is 41.9 Å². The van der Waals surface area contributed by atoms with Crippen LogP contribution in [0.3, 0.4) is 0 Å². The van der Waals surface area contributed by atoms with Gasteiger partial charge in [-0.1, -0.05) is 12.1 Å². The number of aryl methyl sites for hydroxylation is 1. The monoisotopic (exact) mass is 339 g/mol. The van der Waals surface area contributed by atoms with Gasteiger partial charge in [0.1, 0.15) is 5.01 Å². The van der Waals surface area contributed by atoms with Crippen LogP contribution < -0.4 is 5.32 Å². The Morgan fingerprint density at radius 3 is 2.92 bits per heavy atom. The van der Waals surface area contributed by atoms with Gasteiger partial charge in [0.05, 0.1) is 18.4 Å². The number of hydrogen-bond donors (Lipinski definition) is 1. The Morgan fingerprint density at radius 1 is 1.33 bits per heavy atom. The molecular weight excluding hydrogens is 322 g/mol. The molecular formula is C17H17N5OS. The van der Waals surface area contributed by atoms with Crippen molar-refractivity contribution in [1.82, 2.24) is 19.9 Å². The molecule has 0 bridgehead atoms. The zero-order chi connectivity index (χ0) is 16.9. The Hall–Kier alpha value is -2.80. The smallest absolute Gasteiger partial charge is 0.321 e. The number of carbonyl (C=O) groups excluding carboxylic acids is 1. The first-order chi connectivity index (χ1) is 11.6. The highest BCUT2D eigenvalue weighted by Gasteiger charge is 2.11. The van der Waals surface area contributed by atoms with Crippen molar-refractivity contribution in [3.05, 3.63) is 59.6 Å². The number of benzene rings is 1. The summed E-state index contributed by atoms with van der Waals surface area (Å²) in [4.78, 5) is 26.5. The maximum Gasteiger partial charge on any atom is 0.321 e. The summed E-state index contributed by atoms with van der Waals surface area (Å²) in [7, 11) is 1.72. The van der Waals surface area contributed by atoms with Crippen molar-refractivity contribution in [1.29, 1.82) is 0 Å². The van der Waals surface area contributed by atoms with Crippen LogP contribution in [0.2, 0.25) is 0 Å². The Morgan fingerprint density at radius 2 is 2.21 bits per heavy atom. The van der Waals surface area contributed by atoms with Crippen LogP contribution >= 0.6 is 11.3 Å². The molecule has 0 saturated heterocycles. The molecule has 2 amide bonds. The van der Waals surface area contributed by atoms with Gasteiger partial charge in [-0.3, -0.25) is 9.97 Å². The van der Waals surface area contributed by atoms with Crippen LogP contribution in [-0.2, 0) is 6.54 Å². The standard InChI is InChI=1S/C17H17N5OS/c1-12-11-24-16(20-12)13-4-3-5-14(8-13)21-17(23)22(2)10-15-9-18-6-7-19-15/h3-9,11H,10H2,1-2H3,(H,21,23). The molecule has 0 radical (unpaired) electrons. The topological polar surface area (TPSA) is 71.0 Å². The fourth-order valence-corrected chi connectivity index (χ4v) is 2.96. The number of anilines is 1. The highest BCUT2D eigenvalue weighted by molar-refractivity contribution is 7.13. The number of thiazole rings is 1. The molecule has 0 saturated carbocycles. The summed E-state index contributed by atoms with van der Waals surface area (Å²) >= 11 is 1.59. The van der Waals surface area contributed by atoms with Crippen molar-refractivity contribution < 1.29 is 4.79 Å². The third kappa shape index (κ3) is 3.94. The first-order valence-corrected chi connectivity index (χ1v) is 8.29. The van der Waals surface area contributed by atoms with E-state index in [1.165, 1.54) is 0 Å². The molecule has 0 aliphatic carbocycles. The molecule has 24 heavy (non-hydrogen) atoms. The summed E-state index contributed by atoms with van der Waals surface area (Å²) in [5.41, 5.74) is 3.45. The molecule has 1 N–H and O–H groups in total. The van der Waals surface area contributed by atoms with E-state index in [4.69, 9.17) is 0 Å². The number of carbonyl (C=O) groups is 1. The summed E-state index contributed by atoms with van der Waals surface area (Å²) in [5, 5.41) is 5.84. The molecule has 3 rings (SSSR count). The molecule has 0 spiro atoms. The predicted octanol–water partition coefficient (Wildman–Crippen LogP) is 3.57. The van der Waals surface area contributed by atoms with Crippen molar-refractivity contribution >= 4 is 23.1 Å². The van der Waals surface area contributed by atoms with Crippen molar-refractivity contribution in [3.63, 3.8) is 0 Å². The maximum absolute atomic E-state index is 12.3. The summed E-state index contributed by atoms with van der Waals surface area (Å²) in [6.07, 6.45) is 4.87. The molecule has 1 aromatic carbocycles. The minimum atomic E-state index is -0.201. The van der Waals surface area contributed by atoms with Crippen LogP contribution in [0.5, 0.6) is 0 Å². The van der Waals surface area contributed by atoms with Crippen molar-refractivity contribution in [2.75, 3.05) is 12.4 Å². The molecule has 2 heterocycles. The first-order valence-electron chi connectivity index (χ1n) is 7.41. The van der Waals surface area contributed by atoms with Crippen molar-refractivity contribution in [2.45, 2.75) is 13.5 Å². The SMILES string of the molecule is Cc1csc(-c2cccc(NC(=O)N(C)Cc3cnccn3)c2)n1. The van der Waals surface area contributed by atoms with E-state index in [9.17, 15) is 4.79 Å². The summed E-state index contributed by atoms with van der Waals surface area (Å²) in [6, 6.07) is 7.47. The number of hydrogen-bond acceptors (Lipinski definition) is 5. The van der Waals surface area contributed by atoms with Crippen molar-refractivity contribution in [3.8, 4) is 10.6 Å². The van der Waals surface area contributed by atoms with Crippen LogP contribution in [-0.4, -0.2) is 32.9 Å². The van der Waals surface area contributed by atoms with Gasteiger partial charge in [0, 0.05) is 41.8 Å². The number of nitrogens with one attached hydrogen (secondary N) is 1. The van der Waals surface area contributed by atoms with Crippen molar-refractivity contribution in [2.24, 2.45) is 0 Å². The normalized spacial score (nSPS) is 10.4. The summed E-state index contributed by atoms with van der Waals surface area (Å²) in [5.74, 6) is 0. The average Bonchev–Trinajstić information content (AvgIpc) is 3.02. The fourth-order valence-electron chi connectivity index (χ4n) is 2.16. The van der Waals surface area contributed by atoms with E-state index in [1.807, 2.05) is 36.6 Å². The van der Waals surface area contributed by atoms with Gasteiger partial charge in [0.2, 0.25) is 0 Å². The van der Waals surface area contributed by atoms with E-state index >= 15 is 0 Å². The lowest BCUT2D eigenvalue weighted by Gasteiger charge is -2.17. The summed E-state index contributed by atoms with van der Waals surface area (Å²) in [6.45, 7) is 2.36. The Balaban J connectivity index is 1.68. The van der Waals surface area contributed by atoms with E-state index < -0.39 is 0 Å². The lowest BCUT2D eigenvalue weighted by Crippen LogP contribution is -2.31. The number of amides is 2. The lowest BCUT2D eigenvalue weighted by molar-refractivity contribution is 0.220. The third-order valence-electron chi connectivity index (χ3n) is 3.34. The van der Waals surface area contributed by atoms with Gasteiger partial charge in [0.25, 0.3) is 0 Å². The van der Waals surface area contributed by atoms with Crippen LogP contribution in [0.25, 0.3) is 10.6 Å². The van der Waals surface area contributed by atoms with E-state index in [-0.39, 0.29) is 6.03 Å². The zero-order valence-corrected chi connectivity index (χ0v) is 14.2. The first kappa shape index (κ1) is 16.1. The van der Waals surface area contributed by atoms with Gasteiger partial charge in [-0.25, -0.2) is 9.78 Å². The van der Waals surface area contributed by atoms with Crippen LogP contribution in [0.1, 0.15) is 11.4 Å². The molecule has 0 aliphatic heterocycles. The van der Waals surface area contributed by atoms with E-state index in [2.05, 4.69) is 20.3 Å². The molecule has 0 fully saturated rings. The third-order valence-corrected chi connectivity index (χ3v) is 4.35. The molecule has 122 valence electrons. The van der Waals surface area contributed by atoms with Gasteiger partial charge >= 0.3 is 6.03 Å². The second-order valence-corrected chi connectivity index (χ2v) is 6.22. The van der Waals surface area contributed by atoms with Gasteiger partial charge in [-0.2, -0.15) is 0 Å². The highest BCUT2D eigenvalue weighted by Crippen LogP contribution is 2.25. The lowest BCUT2D eigenvalue weighted by atomic mass is 10.2. The maximum atomic E-state index is 12.3. The zero-order valence-electron chi connectivity index (χ0n) is 13.4. The number of rotatable bonds is 4. The second kappa shape index (κ2) is 7.18. The highest BCUT2D eigenvalue weighted by atomic mass is 32.1. The molecule has 0 atom stereocenters. The largest absolute Gasteiger partial charge is 0.322 e. The quantitative estimate of drug-likeness (QED) is 0.789. The van der Waals surface area contributed by atoms with Crippen LogP contribution in [0.4, 0.5) is 10.5 Å². The molecule has 0 unspecified atom stereocenters. The summed E-state index contributed by atoms with van der Waals surface area (Å²) < 4.78 is 0. The molecule has 3 aromatic rings. The molecule has 6 nitrogen and oxygen atoms in total. The Kier molecular flexibility index (Phi) is 4.81. The molecule has 0 aliphatic rings. The second-order valence-electron chi connectivity index (χ2n) is 5.36. The molecule has 7 heteroatoms.